The van der Waals surface area contributed by atoms with E-state index in [1.165, 1.54) is 28.4 Å². The van der Waals surface area contributed by atoms with Crippen molar-refractivity contribution in [3.8, 4) is 22.5 Å². The van der Waals surface area contributed by atoms with Crippen molar-refractivity contribution in [1.82, 2.24) is 44.5 Å². The lowest BCUT2D eigenvalue weighted by molar-refractivity contribution is -0.141. The zero-order valence-electron chi connectivity index (χ0n) is 35.6. The van der Waals surface area contributed by atoms with Crippen molar-refractivity contribution in [2.75, 3.05) is 55.2 Å². The van der Waals surface area contributed by atoms with Gasteiger partial charge in [-0.2, -0.15) is 0 Å². The first kappa shape index (κ1) is 43.1. The van der Waals surface area contributed by atoms with Gasteiger partial charge in [-0.15, -0.1) is 0 Å². The van der Waals surface area contributed by atoms with Gasteiger partial charge in [-0.25, -0.2) is 19.6 Å². The molecule has 0 bridgehead atoms. The number of benzene rings is 2. The molecule has 1 unspecified atom stereocenters. The van der Waals surface area contributed by atoms with Gasteiger partial charge in [-0.05, 0) is 51.7 Å². The molecule has 0 saturated carbocycles. The van der Waals surface area contributed by atoms with Crippen LogP contribution in [0.4, 0.5) is 9.59 Å². The van der Waals surface area contributed by atoms with Crippen LogP contribution < -0.4 is 5.32 Å². The second-order valence-electron chi connectivity index (χ2n) is 15.7. The topological polar surface area (TPSA) is 209 Å². The van der Waals surface area contributed by atoms with Crippen LogP contribution in [0.2, 0.25) is 0 Å². The number of ether oxygens (including phenoxy) is 4. The fourth-order valence-corrected chi connectivity index (χ4v) is 8.77. The van der Waals surface area contributed by atoms with Crippen molar-refractivity contribution in [1.29, 1.82) is 0 Å². The highest BCUT2D eigenvalue weighted by Crippen LogP contribution is 2.38. The first-order chi connectivity index (χ1) is 29.4. The van der Waals surface area contributed by atoms with Crippen LogP contribution in [-0.4, -0.2) is 148 Å². The maximum absolute atomic E-state index is 13.9. The molecule has 4 N–H and O–H groups in total. The van der Waals surface area contributed by atoms with E-state index in [0.717, 1.165) is 62.1 Å². The van der Waals surface area contributed by atoms with Crippen LogP contribution in [0, 0.1) is 0 Å². The molecule has 0 radical (unpaired) electrons. The molecule has 5 heterocycles. The first-order valence-corrected chi connectivity index (χ1v) is 20.5. The number of likely N-dealkylation sites (tertiary alicyclic amines) is 2. The molecule has 61 heavy (non-hydrogen) atoms. The van der Waals surface area contributed by atoms with Gasteiger partial charge in [0.2, 0.25) is 11.8 Å². The molecule has 0 spiro atoms. The Morgan fingerprint density at radius 2 is 1.34 bits per heavy atom. The molecule has 2 aliphatic rings. The average Bonchev–Trinajstić information content (AvgIpc) is 4.13. The molecular weight excluding hydrogens is 787 g/mol. The largest absolute Gasteiger partial charge is 0.465 e. The van der Waals surface area contributed by atoms with Crippen LogP contribution in [0.5, 0.6) is 0 Å². The number of amides is 4. The number of nitrogens with one attached hydrogen (secondary N) is 3. The molecule has 7 rings (SSSR count). The van der Waals surface area contributed by atoms with Crippen molar-refractivity contribution in [3.63, 3.8) is 0 Å². The highest BCUT2D eigenvalue weighted by Gasteiger charge is 2.41. The molecule has 6 atom stereocenters. The van der Waals surface area contributed by atoms with Gasteiger partial charge in [0.1, 0.15) is 23.7 Å². The number of carbonyl (C=O) groups is 4. The van der Waals surface area contributed by atoms with Gasteiger partial charge in [0.05, 0.1) is 61.8 Å². The predicted molar refractivity (Wildman–Crippen MR) is 226 cm³/mol. The fourth-order valence-electron chi connectivity index (χ4n) is 8.77. The molecule has 3 aromatic heterocycles. The van der Waals surface area contributed by atoms with Crippen molar-refractivity contribution < 1.29 is 43.2 Å². The molecule has 2 fully saturated rings. The van der Waals surface area contributed by atoms with Crippen LogP contribution >= 0.6 is 0 Å². The third-order valence-corrected chi connectivity index (χ3v) is 12.3. The number of imidazole rings is 2. The fraction of sp³-hybridized carbons (Fsp3) is 0.488. The normalized spacial score (nSPS) is 18.7. The van der Waals surface area contributed by atoms with Crippen LogP contribution in [-0.2, 0) is 35.1 Å². The van der Waals surface area contributed by atoms with E-state index in [0.29, 0.717) is 50.7 Å². The Morgan fingerprint density at radius 3 is 1.82 bits per heavy atom. The van der Waals surface area contributed by atoms with Gasteiger partial charge in [-0.3, -0.25) is 14.5 Å². The number of carboxylic acid groups (broad SMARTS) is 1. The molecule has 4 amide bonds. The van der Waals surface area contributed by atoms with E-state index in [-0.39, 0.29) is 23.9 Å². The number of hydrogen-bond acceptors (Lipinski definition) is 10. The number of carbonyl (C=O) groups excluding carboxylic acids is 3. The number of likely N-dealkylation sites (N-methyl/N-ethyl adjacent to an activating group) is 1. The Hall–Kier alpha value is -5.98. The Morgan fingerprint density at radius 1 is 0.820 bits per heavy atom. The maximum Gasteiger partial charge on any atom is 0.407 e. The van der Waals surface area contributed by atoms with Gasteiger partial charge < -0.3 is 53.7 Å². The third kappa shape index (κ3) is 8.39. The number of methoxy groups -OCH3 is 4. The standard InChI is InChI=1S/C43H55N9O9/c1-24(59-5)36(48-42(55)61-7)40(53)51-16-8-10-32(51)38-44-22-30(46-38)26-12-14-28-29-15-13-27(21-35(29)50(18-19-58-4)34(28)20-26)31-23-45-39(47-31)33-11-9-17-52(33)41(54)37(25(2)60-6)49(3)43(56)57/h12-15,20-25,32-33,36-37H,8-11,16-19H2,1-7H3,(H,44,46)(H,45,47)(H,48,55)(H,56,57)/t24?,25-,32+,33+,36+,37+/m1/s1. The lowest BCUT2D eigenvalue weighted by Gasteiger charge is -2.34. The summed E-state index contributed by atoms with van der Waals surface area (Å²) >= 11 is 0. The van der Waals surface area contributed by atoms with E-state index < -0.39 is 36.5 Å². The number of nitrogens with zero attached hydrogens (tertiary/aromatic N) is 6. The van der Waals surface area contributed by atoms with E-state index in [9.17, 15) is 24.3 Å². The number of fused-ring (bicyclic) bond motifs is 3. The van der Waals surface area contributed by atoms with Crippen LogP contribution in [0.25, 0.3) is 44.3 Å². The second kappa shape index (κ2) is 18.3. The van der Waals surface area contributed by atoms with Crippen molar-refractivity contribution in [2.45, 2.75) is 82.5 Å². The summed E-state index contributed by atoms with van der Waals surface area (Å²) < 4.78 is 23.4. The highest BCUT2D eigenvalue weighted by molar-refractivity contribution is 6.10. The van der Waals surface area contributed by atoms with E-state index in [1.807, 2.05) is 0 Å². The molecule has 5 aromatic rings. The third-order valence-electron chi connectivity index (χ3n) is 12.3. The molecule has 2 saturated heterocycles. The minimum atomic E-state index is -1.20. The van der Waals surface area contributed by atoms with Crippen molar-refractivity contribution in [2.24, 2.45) is 0 Å². The summed E-state index contributed by atoms with van der Waals surface area (Å²) in [4.78, 5) is 72.6. The maximum atomic E-state index is 13.9. The molecule has 18 heteroatoms. The summed E-state index contributed by atoms with van der Waals surface area (Å²) in [7, 11) is 7.28. The monoisotopic (exact) mass is 841 g/mol. The number of aromatic nitrogens is 5. The summed E-state index contributed by atoms with van der Waals surface area (Å²) in [5.41, 5.74) is 5.45. The predicted octanol–water partition coefficient (Wildman–Crippen LogP) is 5.32. The Bertz CT molecular complexity index is 2390. The lowest BCUT2D eigenvalue weighted by Crippen LogP contribution is -2.54. The molecule has 2 aromatic carbocycles. The average molecular weight is 842 g/mol. The van der Waals surface area contributed by atoms with E-state index >= 15 is 0 Å². The van der Waals surface area contributed by atoms with Gasteiger partial charge >= 0.3 is 12.2 Å². The zero-order chi connectivity index (χ0) is 43.5. The smallest absolute Gasteiger partial charge is 0.407 e. The van der Waals surface area contributed by atoms with Gasteiger partial charge in [0.25, 0.3) is 0 Å². The summed E-state index contributed by atoms with van der Waals surface area (Å²) in [5.74, 6) is 0.713. The Balaban J connectivity index is 1.16. The lowest BCUT2D eigenvalue weighted by atomic mass is 10.1. The number of hydrogen-bond donors (Lipinski definition) is 4. The summed E-state index contributed by atoms with van der Waals surface area (Å²) in [6.45, 7) is 5.50. The van der Waals surface area contributed by atoms with E-state index in [1.54, 1.807) is 43.2 Å². The highest BCUT2D eigenvalue weighted by atomic mass is 16.5. The summed E-state index contributed by atoms with van der Waals surface area (Å²) in [6, 6.07) is 10.0. The van der Waals surface area contributed by atoms with Crippen molar-refractivity contribution in [3.05, 3.63) is 60.4 Å². The first-order valence-electron chi connectivity index (χ1n) is 20.5. The van der Waals surface area contributed by atoms with E-state index in [2.05, 4.69) is 56.3 Å². The van der Waals surface area contributed by atoms with Crippen LogP contribution in [0.15, 0.2) is 48.8 Å². The zero-order valence-corrected chi connectivity index (χ0v) is 35.6. The molecule has 0 aliphatic carbocycles. The van der Waals surface area contributed by atoms with Gasteiger partial charge in [-0.1, -0.05) is 24.3 Å². The van der Waals surface area contributed by atoms with Gasteiger partial charge in [0.15, 0.2) is 0 Å². The van der Waals surface area contributed by atoms with Crippen LogP contribution in [0.3, 0.4) is 0 Å². The Kier molecular flexibility index (Phi) is 13.0. The molecule has 326 valence electrons. The van der Waals surface area contributed by atoms with Crippen molar-refractivity contribution >= 4 is 45.8 Å². The molecule has 2 aliphatic heterocycles. The number of aromatic amines is 2. The minimum Gasteiger partial charge on any atom is -0.465 e. The SMILES string of the molecule is COCCn1c2cc(-c3cnc([C@@H]4CCCN4C(=O)[C@@H](NC(=O)OC)C(C)OC)[nH]3)ccc2c2ccc(-c3cnc([C@@H]4CCCN4C(=O)[C@H]([C@@H](C)OC)N(C)C(=O)O)[nH]3)cc21. The molecule has 18 nitrogen and oxygen atoms in total. The van der Waals surface area contributed by atoms with Gasteiger partial charge in [0, 0.05) is 80.9 Å². The van der Waals surface area contributed by atoms with Crippen LogP contribution in [0.1, 0.15) is 63.3 Å². The van der Waals surface area contributed by atoms with E-state index in [4.69, 9.17) is 28.9 Å². The summed E-state index contributed by atoms with van der Waals surface area (Å²) in [5, 5.41) is 14.5. The molecular formula is C43H55N9O9. The quantitative estimate of drug-likeness (QED) is 0.106. The summed E-state index contributed by atoms with van der Waals surface area (Å²) in [6.07, 6.45) is 3.37. The number of alkyl carbamates (subject to hydrolysis) is 1. The Labute approximate surface area is 353 Å². The second-order valence-corrected chi connectivity index (χ2v) is 15.7. The minimum absolute atomic E-state index is 0.266. The number of rotatable bonds is 15. The number of H-pyrrole nitrogens is 2.